The summed E-state index contributed by atoms with van der Waals surface area (Å²) in [5.74, 6) is -0.502. The highest BCUT2D eigenvalue weighted by Gasteiger charge is 2.17. The summed E-state index contributed by atoms with van der Waals surface area (Å²) in [5.41, 5.74) is 6.08. The first-order valence-corrected chi connectivity index (χ1v) is 7.10. The number of rotatable bonds is 8. The molecule has 0 aliphatic rings. The number of amides is 1. The van der Waals surface area contributed by atoms with Gasteiger partial charge in [-0.15, -0.1) is 0 Å². The molecule has 0 bridgehead atoms. The second kappa shape index (κ2) is 8.66. The maximum Gasteiger partial charge on any atom is 0.238 e. The largest absolute Gasteiger partial charge is 0.329 e. The Labute approximate surface area is 120 Å². The Morgan fingerprint density at radius 1 is 1.40 bits per heavy atom. The van der Waals surface area contributed by atoms with Crippen LogP contribution in [0.3, 0.4) is 0 Å². The normalized spacial score (nSPS) is 11.1. The summed E-state index contributed by atoms with van der Waals surface area (Å²) < 4.78 is 13.1. The van der Waals surface area contributed by atoms with Crippen molar-refractivity contribution < 1.29 is 9.18 Å². The Morgan fingerprint density at radius 3 is 2.65 bits per heavy atom. The van der Waals surface area contributed by atoms with Gasteiger partial charge in [0, 0.05) is 24.8 Å². The van der Waals surface area contributed by atoms with Gasteiger partial charge in [0.2, 0.25) is 5.91 Å². The topological polar surface area (TPSA) is 58.4 Å². The highest BCUT2D eigenvalue weighted by molar-refractivity contribution is 5.92. The summed E-state index contributed by atoms with van der Waals surface area (Å²) >= 11 is 0. The first kappa shape index (κ1) is 16.6. The van der Waals surface area contributed by atoms with Crippen molar-refractivity contribution in [2.24, 2.45) is 5.73 Å². The van der Waals surface area contributed by atoms with Crippen LogP contribution in [0.1, 0.15) is 26.7 Å². The van der Waals surface area contributed by atoms with Crippen molar-refractivity contribution in [3.8, 4) is 0 Å². The van der Waals surface area contributed by atoms with Gasteiger partial charge in [-0.3, -0.25) is 9.69 Å². The second-order valence-corrected chi connectivity index (χ2v) is 4.79. The number of anilines is 1. The fraction of sp³-hybridized carbons (Fsp3) is 0.533. The van der Waals surface area contributed by atoms with Gasteiger partial charge >= 0.3 is 0 Å². The number of carbonyl (C=O) groups excluding carboxylic acids is 1. The molecule has 20 heavy (non-hydrogen) atoms. The van der Waals surface area contributed by atoms with Crippen LogP contribution in [0.2, 0.25) is 0 Å². The van der Waals surface area contributed by atoms with E-state index < -0.39 is 0 Å². The van der Waals surface area contributed by atoms with E-state index in [-0.39, 0.29) is 18.3 Å². The number of carbonyl (C=O) groups is 1. The van der Waals surface area contributed by atoms with Crippen LogP contribution in [0, 0.1) is 5.82 Å². The van der Waals surface area contributed by atoms with Gasteiger partial charge < -0.3 is 11.1 Å². The molecule has 0 saturated heterocycles. The molecule has 0 atom stereocenters. The molecule has 0 fully saturated rings. The van der Waals surface area contributed by atoms with E-state index in [1.165, 1.54) is 12.1 Å². The lowest BCUT2D eigenvalue weighted by Gasteiger charge is -2.29. The fourth-order valence-corrected chi connectivity index (χ4v) is 2.31. The molecular weight excluding hydrogens is 257 g/mol. The van der Waals surface area contributed by atoms with Gasteiger partial charge in [-0.25, -0.2) is 4.39 Å². The second-order valence-electron chi connectivity index (χ2n) is 4.79. The molecule has 0 radical (unpaired) electrons. The van der Waals surface area contributed by atoms with Gasteiger partial charge in [-0.2, -0.15) is 0 Å². The summed E-state index contributed by atoms with van der Waals surface area (Å²) in [5, 5.41) is 2.71. The number of nitrogens with two attached hydrogens (primary N) is 1. The van der Waals surface area contributed by atoms with Crippen molar-refractivity contribution in [1.29, 1.82) is 0 Å². The Morgan fingerprint density at radius 2 is 2.10 bits per heavy atom. The van der Waals surface area contributed by atoms with Crippen LogP contribution in [-0.2, 0) is 4.79 Å². The molecule has 1 aromatic carbocycles. The van der Waals surface area contributed by atoms with Crippen LogP contribution < -0.4 is 11.1 Å². The molecule has 4 nitrogen and oxygen atoms in total. The lowest BCUT2D eigenvalue weighted by atomic mass is 10.1. The third-order valence-electron chi connectivity index (χ3n) is 3.33. The lowest BCUT2D eigenvalue weighted by Crippen LogP contribution is -2.43. The van der Waals surface area contributed by atoms with Crippen molar-refractivity contribution in [2.75, 3.05) is 25.0 Å². The maximum absolute atomic E-state index is 13.1. The molecule has 0 aliphatic carbocycles. The Balaban J connectivity index is 2.61. The lowest BCUT2D eigenvalue weighted by molar-refractivity contribution is -0.117. The average Bonchev–Trinajstić information content (AvgIpc) is 2.40. The maximum atomic E-state index is 13.1. The van der Waals surface area contributed by atoms with E-state index in [2.05, 4.69) is 24.1 Å². The molecule has 1 aromatic rings. The van der Waals surface area contributed by atoms with Gasteiger partial charge in [0.15, 0.2) is 0 Å². The summed E-state index contributed by atoms with van der Waals surface area (Å²) in [4.78, 5) is 14.1. The van der Waals surface area contributed by atoms with Crippen LogP contribution in [0.4, 0.5) is 10.1 Å². The first-order valence-electron chi connectivity index (χ1n) is 7.10. The molecule has 1 rings (SSSR count). The number of benzene rings is 1. The first-order chi connectivity index (χ1) is 9.60. The molecule has 0 saturated carbocycles. The smallest absolute Gasteiger partial charge is 0.238 e. The third kappa shape index (κ3) is 5.27. The molecule has 0 spiro atoms. The number of hydrogen-bond donors (Lipinski definition) is 2. The zero-order chi connectivity index (χ0) is 15.0. The zero-order valence-corrected chi connectivity index (χ0v) is 12.2. The Kier molecular flexibility index (Phi) is 7.18. The summed E-state index contributed by atoms with van der Waals surface area (Å²) in [6.45, 7) is 5.68. The van der Waals surface area contributed by atoms with E-state index in [4.69, 9.17) is 5.73 Å². The zero-order valence-electron chi connectivity index (χ0n) is 12.2. The van der Waals surface area contributed by atoms with E-state index in [1.54, 1.807) is 12.1 Å². The van der Waals surface area contributed by atoms with E-state index in [1.807, 2.05) is 0 Å². The molecule has 112 valence electrons. The highest BCUT2D eigenvalue weighted by Crippen LogP contribution is 2.11. The minimum atomic E-state index is -0.360. The van der Waals surface area contributed by atoms with Crippen LogP contribution >= 0.6 is 0 Å². The van der Waals surface area contributed by atoms with Crippen LogP contribution in [0.25, 0.3) is 0 Å². The van der Waals surface area contributed by atoms with Crippen molar-refractivity contribution in [3.63, 3.8) is 0 Å². The molecule has 3 N–H and O–H groups in total. The quantitative estimate of drug-likeness (QED) is 0.768. The number of hydrogen-bond acceptors (Lipinski definition) is 3. The molecule has 1 amide bonds. The van der Waals surface area contributed by atoms with Gasteiger partial charge in [0.05, 0.1) is 6.54 Å². The average molecular weight is 281 g/mol. The van der Waals surface area contributed by atoms with E-state index in [9.17, 15) is 9.18 Å². The SMILES string of the molecule is CCC(CC)N(CCN)CC(=O)Nc1cccc(F)c1. The predicted molar refractivity (Wildman–Crippen MR) is 80.0 cm³/mol. The highest BCUT2D eigenvalue weighted by atomic mass is 19.1. The van der Waals surface area contributed by atoms with Gasteiger partial charge in [0.1, 0.15) is 5.82 Å². The van der Waals surface area contributed by atoms with Crippen molar-refractivity contribution in [1.82, 2.24) is 4.90 Å². The number of nitrogens with one attached hydrogen (secondary N) is 1. The van der Waals surface area contributed by atoms with Crippen LogP contribution in [0.5, 0.6) is 0 Å². The molecule has 0 aromatic heterocycles. The van der Waals surface area contributed by atoms with Gasteiger partial charge in [0.25, 0.3) is 0 Å². The van der Waals surface area contributed by atoms with Crippen molar-refractivity contribution in [2.45, 2.75) is 32.7 Å². The number of nitrogens with zero attached hydrogens (tertiary/aromatic N) is 1. The minimum Gasteiger partial charge on any atom is -0.329 e. The van der Waals surface area contributed by atoms with Crippen LogP contribution in [0.15, 0.2) is 24.3 Å². The molecule has 0 unspecified atom stereocenters. The molecule has 0 aliphatic heterocycles. The van der Waals surface area contributed by atoms with Crippen molar-refractivity contribution >= 4 is 11.6 Å². The van der Waals surface area contributed by atoms with Crippen LogP contribution in [-0.4, -0.2) is 36.5 Å². The summed E-state index contributed by atoms with van der Waals surface area (Å²) in [7, 11) is 0. The van der Waals surface area contributed by atoms with E-state index in [0.29, 0.717) is 24.8 Å². The van der Waals surface area contributed by atoms with E-state index in [0.717, 1.165) is 12.8 Å². The molecule has 0 heterocycles. The minimum absolute atomic E-state index is 0.143. The van der Waals surface area contributed by atoms with Gasteiger partial charge in [-0.1, -0.05) is 19.9 Å². The third-order valence-corrected chi connectivity index (χ3v) is 3.33. The Hall–Kier alpha value is -1.46. The van der Waals surface area contributed by atoms with E-state index >= 15 is 0 Å². The Bertz CT molecular complexity index is 421. The summed E-state index contributed by atoms with van der Waals surface area (Å²) in [6.07, 6.45) is 1.95. The van der Waals surface area contributed by atoms with Crippen molar-refractivity contribution in [3.05, 3.63) is 30.1 Å². The predicted octanol–water partition coefficient (Wildman–Crippen LogP) is 2.21. The monoisotopic (exact) mass is 281 g/mol. The summed E-state index contributed by atoms with van der Waals surface area (Å²) in [6, 6.07) is 6.24. The van der Waals surface area contributed by atoms with Gasteiger partial charge in [-0.05, 0) is 31.0 Å². The fourth-order valence-electron chi connectivity index (χ4n) is 2.31. The number of halogens is 1. The molecular formula is C15H24FN3O. The molecule has 5 heteroatoms. The standard InChI is InChI=1S/C15H24FN3O/c1-3-14(4-2)19(9-8-17)11-15(20)18-13-7-5-6-12(16)10-13/h5-7,10,14H,3-4,8-9,11,17H2,1-2H3,(H,18,20).